The van der Waals surface area contributed by atoms with Gasteiger partial charge in [-0.05, 0) is 13.3 Å². The predicted octanol–water partition coefficient (Wildman–Crippen LogP) is 0.720. The summed E-state index contributed by atoms with van der Waals surface area (Å²) in [6, 6.07) is 0. The predicted molar refractivity (Wildman–Crippen MR) is 58.2 cm³/mol. The number of hydrogen-bond donors (Lipinski definition) is 1. The molecule has 0 unspecified atom stereocenters. The fourth-order valence-corrected chi connectivity index (χ4v) is 1.05. The molecule has 0 saturated heterocycles. The summed E-state index contributed by atoms with van der Waals surface area (Å²) >= 11 is 0. The summed E-state index contributed by atoms with van der Waals surface area (Å²) in [5.41, 5.74) is 7.36. The van der Waals surface area contributed by atoms with Crippen LogP contribution in [0.15, 0.2) is 18.3 Å². The van der Waals surface area contributed by atoms with Gasteiger partial charge >= 0.3 is 0 Å². The molecule has 0 aliphatic rings. The first-order valence-electron chi connectivity index (χ1n) is 5.03. The normalized spacial score (nSPS) is 10.5. The molecule has 0 aliphatic carbocycles. The standard InChI is InChI=1S/C10H18N4O/c1-9(2)3-5-15-6-4-14-8-10(7-11)12-13-14/h8H,1,3-7,11H2,2H3. The minimum Gasteiger partial charge on any atom is -0.379 e. The largest absolute Gasteiger partial charge is 0.379 e. The molecule has 0 radical (unpaired) electrons. The van der Waals surface area contributed by atoms with Crippen LogP contribution in [0.4, 0.5) is 0 Å². The van der Waals surface area contributed by atoms with E-state index in [1.165, 1.54) is 0 Å². The number of aromatic nitrogens is 3. The highest BCUT2D eigenvalue weighted by atomic mass is 16.5. The van der Waals surface area contributed by atoms with Gasteiger partial charge in [0, 0.05) is 12.7 Å². The smallest absolute Gasteiger partial charge is 0.0962 e. The summed E-state index contributed by atoms with van der Waals surface area (Å²) in [7, 11) is 0. The number of hydrogen-bond acceptors (Lipinski definition) is 4. The molecule has 1 heterocycles. The molecule has 1 aromatic heterocycles. The van der Waals surface area contributed by atoms with E-state index in [4.69, 9.17) is 10.5 Å². The zero-order chi connectivity index (χ0) is 11.1. The lowest BCUT2D eigenvalue weighted by atomic mass is 10.3. The van der Waals surface area contributed by atoms with Crippen molar-refractivity contribution in [2.75, 3.05) is 13.2 Å². The van der Waals surface area contributed by atoms with Crippen LogP contribution in [0.1, 0.15) is 19.0 Å². The van der Waals surface area contributed by atoms with Gasteiger partial charge < -0.3 is 10.5 Å². The Kier molecular flexibility index (Phi) is 5.00. The summed E-state index contributed by atoms with van der Waals surface area (Å²) in [5.74, 6) is 0. The van der Waals surface area contributed by atoms with E-state index in [1.807, 2.05) is 13.1 Å². The van der Waals surface area contributed by atoms with Gasteiger partial charge in [-0.25, -0.2) is 4.68 Å². The van der Waals surface area contributed by atoms with E-state index in [0.29, 0.717) is 26.3 Å². The van der Waals surface area contributed by atoms with E-state index < -0.39 is 0 Å². The van der Waals surface area contributed by atoms with E-state index in [-0.39, 0.29) is 0 Å². The Bertz CT molecular complexity index is 308. The van der Waals surface area contributed by atoms with Crippen LogP contribution in [0.5, 0.6) is 0 Å². The molecular formula is C10H18N4O. The summed E-state index contributed by atoms with van der Waals surface area (Å²) in [6.45, 7) is 8.29. The SMILES string of the molecule is C=C(C)CCOCCn1cc(CN)nn1. The summed E-state index contributed by atoms with van der Waals surface area (Å²) < 4.78 is 7.15. The summed E-state index contributed by atoms with van der Waals surface area (Å²) in [5, 5.41) is 7.79. The Morgan fingerprint density at radius 3 is 3.00 bits per heavy atom. The Balaban J connectivity index is 2.12. The first-order valence-corrected chi connectivity index (χ1v) is 5.03. The second-order valence-electron chi connectivity index (χ2n) is 3.50. The molecule has 0 saturated carbocycles. The van der Waals surface area contributed by atoms with Crippen molar-refractivity contribution in [3.8, 4) is 0 Å². The van der Waals surface area contributed by atoms with Gasteiger partial charge in [0.2, 0.25) is 0 Å². The van der Waals surface area contributed by atoms with Crippen molar-refractivity contribution in [2.45, 2.75) is 26.4 Å². The lowest BCUT2D eigenvalue weighted by molar-refractivity contribution is 0.126. The van der Waals surface area contributed by atoms with Gasteiger partial charge in [-0.15, -0.1) is 11.7 Å². The van der Waals surface area contributed by atoms with Crippen LogP contribution in [0.2, 0.25) is 0 Å². The monoisotopic (exact) mass is 210 g/mol. The van der Waals surface area contributed by atoms with Gasteiger partial charge in [-0.3, -0.25) is 0 Å². The number of nitrogens with two attached hydrogens (primary N) is 1. The summed E-state index contributed by atoms with van der Waals surface area (Å²) in [6.07, 6.45) is 2.74. The van der Waals surface area contributed by atoms with Crippen LogP contribution in [0.3, 0.4) is 0 Å². The van der Waals surface area contributed by atoms with E-state index in [9.17, 15) is 0 Å². The maximum absolute atomic E-state index is 5.42. The van der Waals surface area contributed by atoms with Crippen LogP contribution >= 0.6 is 0 Å². The fraction of sp³-hybridized carbons (Fsp3) is 0.600. The maximum Gasteiger partial charge on any atom is 0.0962 e. The minimum atomic E-state index is 0.427. The first-order chi connectivity index (χ1) is 7.22. The van der Waals surface area contributed by atoms with E-state index in [0.717, 1.165) is 17.7 Å². The van der Waals surface area contributed by atoms with Gasteiger partial charge in [0.05, 0.1) is 25.5 Å². The maximum atomic E-state index is 5.42. The third-order valence-corrected chi connectivity index (χ3v) is 1.93. The number of ether oxygens (including phenoxy) is 1. The molecule has 5 heteroatoms. The lowest BCUT2D eigenvalue weighted by Crippen LogP contribution is -2.07. The van der Waals surface area contributed by atoms with Gasteiger partial charge in [-0.2, -0.15) is 0 Å². The van der Waals surface area contributed by atoms with Crippen LogP contribution in [0, 0.1) is 0 Å². The van der Waals surface area contributed by atoms with Crippen molar-refractivity contribution in [1.82, 2.24) is 15.0 Å². The van der Waals surface area contributed by atoms with E-state index >= 15 is 0 Å². The molecule has 0 aromatic carbocycles. The second-order valence-corrected chi connectivity index (χ2v) is 3.50. The molecule has 84 valence electrons. The van der Waals surface area contributed by atoms with Crippen LogP contribution in [-0.2, 0) is 17.8 Å². The van der Waals surface area contributed by atoms with Crippen LogP contribution in [-0.4, -0.2) is 28.2 Å². The zero-order valence-electron chi connectivity index (χ0n) is 9.15. The molecule has 0 amide bonds. The van der Waals surface area contributed by atoms with Gasteiger partial charge in [0.1, 0.15) is 0 Å². The highest BCUT2D eigenvalue weighted by molar-refractivity contribution is 4.90. The van der Waals surface area contributed by atoms with Gasteiger partial charge in [0.15, 0.2) is 0 Å². The number of rotatable bonds is 7. The molecule has 0 fully saturated rings. The van der Waals surface area contributed by atoms with Crippen molar-refractivity contribution in [1.29, 1.82) is 0 Å². The van der Waals surface area contributed by atoms with Crippen molar-refractivity contribution in [2.24, 2.45) is 5.73 Å². The summed E-state index contributed by atoms with van der Waals surface area (Å²) in [4.78, 5) is 0. The third kappa shape index (κ3) is 4.71. The van der Waals surface area contributed by atoms with Gasteiger partial charge in [0.25, 0.3) is 0 Å². The highest BCUT2D eigenvalue weighted by Crippen LogP contribution is 1.96. The Morgan fingerprint density at radius 2 is 2.40 bits per heavy atom. The molecule has 2 N–H and O–H groups in total. The van der Waals surface area contributed by atoms with E-state index in [1.54, 1.807) is 4.68 Å². The molecule has 0 aliphatic heterocycles. The zero-order valence-corrected chi connectivity index (χ0v) is 9.15. The van der Waals surface area contributed by atoms with Crippen molar-refractivity contribution in [3.05, 3.63) is 24.0 Å². The van der Waals surface area contributed by atoms with Crippen molar-refractivity contribution >= 4 is 0 Å². The van der Waals surface area contributed by atoms with E-state index in [2.05, 4.69) is 16.9 Å². The molecule has 0 spiro atoms. The van der Waals surface area contributed by atoms with Crippen molar-refractivity contribution < 1.29 is 4.74 Å². The second kappa shape index (κ2) is 6.31. The molecule has 0 bridgehead atoms. The quantitative estimate of drug-likeness (QED) is 0.532. The Morgan fingerprint density at radius 1 is 1.60 bits per heavy atom. The number of nitrogens with zero attached hydrogens (tertiary/aromatic N) is 3. The van der Waals surface area contributed by atoms with Crippen molar-refractivity contribution in [3.63, 3.8) is 0 Å². The van der Waals surface area contributed by atoms with Crippen LogP contribution in [0.25, 0.3) is 0 Å². The average Bonchev–Trinajstić information content (AvgIpc) is 2.65. The molecule has 1 rings (SSSR count). The fourth-order valence-electron chi connectivity index (χ4n) is 1.05. The topological polar surface area (TPSA) is 66.0 Å². The third-order valence-electron chi connectivity index (χ3n) is 1.93. The van der Waals surface area contributed by atoms with Crippen LogP contribution < -0.4 is 5.73 Å². The first kappa shape index (κ1) is 11.9. The lowest BCUT2D eigenvalue weighted by Gasteiger charge is -2.03. The molecule has 5 nitrogen and oxygen atoms in total. The Hall–Kier alpha value is -1.20. The molecular weight excluding hydrogens is 192 g/mol. The molecule has 0 atom stereocenters. The highest BCUT2D eigenvalue weighted by Gasteiger charge is 1.97. The molecule has 15 heavy (non-hydrogen) atoms. The Labute approximate surface area is 89.9 Å². The average molecular weight is 210 g/mol. The van der Waals surface area contributed by atoms with Gasteiger partial charge in [-0.1, -0.05) is 10.8 Å². The molecule has 1 aromatic rings. The minimum absolute atomic E-state index is 0.427.